The van der Waals surface area contributed by atoms with Crippen LogP contribution in [0.25, 0.3) is 0 Å². The van der Waals surface area contributed by atoms with Gasteiger partial charge in [-0.1, -0.05) is 115 Å². The molecule has 23 heteroatoms. The van der Waals surface area contributed by atoms with Gasteiger partial charge in [-0.15, -0.1) is 0 Å². The van der Waals surface area contributed by atoms with Crippen LogP contribution in [-0.4, -0.2) is 227 Å². The Labute approximate surface area is 508 Å². The lowest BCUT2D eigenvalue weighted by Crippen LogP contribution is -2.63. The highest BCUT2D eigenvalue weighted by molar-refractivity contribution is 5.99. The molecule has 12 atom stereocenters. The van der Waals surface area contributed by atoms with Gasteiger partial charge in [0.05, 0.1) is 12.6 Å². The van der Waals surface area contributed by atoms with Crippen LogP contribution in [0.5, 0.6) is 0 Å². The smallest absolute Gasteiger partial charge is 0.246 e. The largest absolute Gasteiger partial charge is 0.390 e. The number of nitrogens with one attached hydrogen (secondary N) is 4. The third-order valence-electron chi connectivity index (χ3n) is 16.3. The lowest BCUT2D eigenvalue weighted by Gasteiger charge is -2.41. The van der Waals surface area contributed by atoms with Gasteiger partial charge < -0.3 is 60.7 Å². The quantitative estimate of drug-likeness (QED) is 0.139. The van der Waals surface area contributed by atoms with Gasteiger partial charge in [-0.05, 0) is 94.8 Å². The minimum Gasteiger partial charge on any atom is -0.390 e. The van der Waals surface area contributed by atoms with Crippen LogP contribution in [0.1, 0.15) is 162 Å². The van der Waals surface area contributed by atoms with E-state index in [4.69, 9.17) is 0 Å². The van der Waals surface area contributed by atoms with E-state index in [-0.39, 0.29) is 49.9 Å². The van der Waals surface area contributed by atoms with E-state index in [0.717, 1.165) is 9.80 Å². The van der Waals surface area contributed by atoms with Crippen LogP contribution in [0.3, 0.4) is 0 Å². The van der Waals surface area contributed by atoms with Crippen LogP contribution in [0, 0.1) is 35.5 Å². The van der Waals surface area contributed by atoms with Gasteiger partial charge in [0, 0.05) is 49.3 Å². The normalized spacial score (nSPS) is 26.8. The maximum atomic E-state index is 15.1. The van der Waals surface area contributed by atoms with Crippen molar-refractivity contribution >= 4 is 65.0 Å². The van der Waals surface area contributed by atoms with Gasteiger partial charge in [0.1, 0.15) is 60.4 Å². The molecule has 1 fully saturated rings. The van der Waals surface area contributed by atoms with Crippen LogP contribution in [0.15, 0.2) is 12.2 Å². The number of aliphatic hydroxyl groups excluding tert-OH is 1. The highest BCUT2D eigenvalue weighted by Gasteiger charge is 2.45. The molecular formula is C62H111N11O12. The summed E-state index contributed by atoms with van der Waals surface area (Å²) in [6, 6.07) is -12.3. The second-order valence-corrected chi connectivity index (χ2v) is 25.6. The van der Waals surface area contributed by atoms with Crippen molar-refractivity contribution in [2.45, 2.75) is 229 Å². The molecule has 486 valence electrons. The fraction of sp³-hybridized carbons (Fsp3) is 0.790. The monoisotopic (exact) mass is 1200 g/mol. The van der Waals surface area contributed by atoms with E-state index in [0.29, 0.717) is 19.3 Å². The summed E-state index contributed by atoms with van der Waals surface area (Å²) >= 11 is 0. The number of carbonyl (C=O) groups excluding carboxylic acids is 11. The zero-order chi connectivity index (χ0) is 65.8. The molecule has 0 bridgehead atoms. The number of hydrogen-bond acceptors (Lipinski definition) is 12. The van der Waals surface area contributed by atoms with Crippen LogP contribution < -0.4 is 21.3 Å². The molecule has 11 amide bonds. The summed E-state index contributed by atoms with van der Waals surface area (Å²) in [6.07, 6.45) is 4.24. The Morgan fingerprint density at radius 3 is 1.47 bits per heavy atom. The third-order valence-corrected chi connectivity index (χ3v) is 16.3. The van der Waals surface area contributed by atoms with Gasteiger partial charge in [-0.25, -0.2) is 0 Å². The number of unbranched alkanes of at least 4 members (excludes halogenated alkanes) is 1. The molecule has 23 nitrogen and oxygen atoms in total. The Morgan fingerprint density at radius 1 is 0.506 bits per heavy atom. The van der Waals surface area contributed by atoms with Crippen molar-refractivity contribution in [2.75, 3.05) is 55.9 Å². The number of likely N-dealkylation sites (N-methyl/N-ethyl adjacent to an activating group) is 7. The maximum absolute atomic E-state index is 15.1. The molecule has 1 heterocycles. The number of rotatable bonds is 16. The molecule has 85 heavy (non-hydrogen) atoms. The molecular weight excluding hydrogens is 1090 g/mol. The molecule has 1 aliphatic rings. The average molecular weight is 1200 g/mol. The summed E-state index contributed by atoms with van der Waals surface area (Å²) in [6.45, 7) is 27.6. The van der Waals surface area contributed by atoms with Gasteiger partial charge in [-0.2, -0.15) is 0 Å². The molecule has 0 saturated carbocycles. The molecule has 0 unspecified atom stereocenters. The van der Waals surface area contributed by atoms with Gasteiger partial charge in [0.15, 0.2) is 0 Å². The Hall–Kier alpha value is -6.13. The number of nitrogens with zero attached hydrogens (tertiary/aromatic N) is 7. The lowest BCUT2D eigenvalue weighted by atomic mass is 9.91. The van der Waals surface area contributed by atoms with Crippen molar-refractivity contribution < 1.29 is 57.8 Å². The number of carbonyl (C=O) groups is 11. The first-order valence-corrected chi connectivity index (χ1v) is 30.7. The predicted molar refractivity (Wildman–Crippen MR) is 329 cm³/mol. The van der Waals surface area contributed by atoms with E-state index in [9.17, 15) is 48.3 Å². The number of allylic oxidation sites excluding steroid dienone is 2. The van der Waals surface area contributed by atoms with Gasteiger partial charge in [-0.3, -0.25) is 52.7 Å². The van der Waals surface area contributed by atoms with E-state index < -0.39 is 156 Å². The Morgan fingerprint density at radius 2 is 1.00 bits per heavy atom. The van der Waals surface area contributed by atoms with E-state index in [1.165, 1.54) is 87.7 Å². The summed E-state index contributed by atoms with van der Waals surface area (Å²) in [5, 5.41) is 23.2. The summed E-state index contributed by atoms with van der Waals surface area (Å²) in [5.74, 6) is -9.52. The molecule has 1 saturated heterocycles. The predicted octanol–water partition coefficient (Wildman–Crippen LogP) is 3.41. The first kappa shape index (κ1) is 76.9. The number of amides is 11. The summed E-state index contributed by atoms with van der Waals surface area (Å²) in [7, 11) is 9.90. The zero-order valence-corrected chi connectivity index (χ0v) is 55.9. The van der Waals surface area contributed by atoms with Crippen molar-refractivity contribution in [1.82, 2.24) is 55.6 Å². The standard InChI is InChI=1S/C62H111N11O12/c1-24-27-29-40(14)52(75)51-56(79)64-43(26-3)58(81)67(17)34-48(74)69(19)45(30-28-25-2)55(78)66-49(38(10)11)61(84)68(18)42(16)53(76)65-44(31-35(4)5)54(77)63-41(15)57(80)70(20)46(32-36(6)7)59(82)71(21)47(33-37(8)9)60(83)72(22)50(39(12)13)62(85)73(51)23/h24,27,35-47,49-52,75H,25-26,28-34H2,1-23H3,(H,63,77)(H,64,79)(H,65,76)(H,66,78)/b27-24+/t40-,41-,42+,43+,44+,45+,46+,47+,49+,50+,51+,52-/m1/s1. The molecule has 0 spiro atoms. The van der Waals surface area contributed by atoms with E-state index in [1.54, 1.807) is 54.5 Å². The fourth-order valence-electron chi connectivity index (χ4n) is 10.6. The maximum Gasteiger partial charge on any atom is 0.246 e. The fourth-order valence-corrected chi connectivity index (χ4v) is 10.6. The molecule has 0 aromatic carbocycles. The SMILES string of the molecule is C/C=C/C[C@@H](C)[C@@H](O)[C@H]1C(=O)N[C@@H](CC)C(=O)N(C)CC(=O)N(C)[C@@H](CCCC)C(=O)N[C@@H](C(C)C)C(=O)N(C)[C@@H](C)C(=O)N[C@@H](CC(C)C)C(=O)N[C@H](C)C(=O)N(C)[C@@H](CC(C)C)C(=O)N(C)[C@@H](CC(C)C)C(=O)N(C)[C@@H](C(C)C)C(=O)N1C. The van der Waals surface area contributed by atoms with E-state index >= 15 is 9.59 Å². The Balaban J connectivity index is 4.32. The van der Waals surface area contributed by atoms with Crippen molar-refractivity contribution in [3.05, 3.63) is 12.2 Å². The first-order chi connectivity index (χ1) is 39.4. The van der Waals surface area contributed by atoms with Crippen molar-refractivity contribution in [3.8, 4) is 0 Å². The minimum atomic E-state index is -1.61. The van der Waals surface area contributed by atoms with Crippen molar-refractivity contribution in [1.29, 1.82) is 0 Å². The number of hydrogen-bond donors (Lipinski definition) is 5. The molecule has 0 aromatic rings. The lowest BCUT2D eigenvalue weighted by molar-refractivity contribution is -0.157. The highest BCUT2D eigenvalue weighted by atomic mass is 16.3. The van der Waals surface area contributed by atoms with Crippen molar-refractivity contribution in [2.24, 2.45) is 35.5 Å². The third kappa shape index (κ3) is 21.7. The van der Waals surface area contributed by atoms with E-state index in [2.05, 4.69) is 21.3 Å². The van der Waals surface area contributed by atoms with Crippen LogP contribution in [-0.2, 0) is 52.7 Å². The van der Waals surface area contributed by atoms with Crippen LogP contribution in [0.4, 0.5) is 0 Å². The molecule has 1 aliphatic heterocycles. The second-order valence-electron chi connectivity index (χ2n) is 25.6. The summed E-state index contributed by atoms with van der Waals surface area (Å²) in [4.78, 5) is 168. The second kappa shape index (κ2) is 35.5. The minimum absolute atomic E-state index is 0.0261. The van der Waals surface area contributed by atoms with Crippen molar-refractivity contribution in [3.63, 3.8) is 0 Å². The summed E-state index contributed by atoms with van der Waals surface area (Å²) < 4.78 is 0. The molecule has 0 aliphatic carbocycles. The molecule has 5 N–H and O–H groups in total. The first-order valence-electron chi connectivity index (χ1n) is 30.7. The highest BCUT2D eigenvalue weighted by Crippen LogP contribution is 2.25. The average Bonchev–Trinajstić information content (AvgIpc) is 2.88. The van der Waals surface area contributed by atoms with E-state index in [1.807, 2.05) is 54.5 Å². The Kier molecular flexibility index (Phi) is 32.1. The summed E-state index contributed by atoms with van der Waals surface area (Å²) in [5.41, 5.74) is 0. The number of aliphatic hydroxyl groups is 1. The zero-order valence-electron chi connectivity index (χ0n) is 55.9. The Bertz CT molecular complexity index is 2310. The van der Waals surface area contributed by atoms with Gasteiger partial charge >= 0.3 is 0 Å². The molecule has 1 rings (SSSR count). The molecule has 0 aromatic heterocycles. The topological polar surface area (TPSA) is 279 Å². The van der Waals surface area contributed by atoms with Crippen LogP contribution >= 0.6 is 0 Å². The van der Waals surface area contributed by atoms with Crippen LogP contribution in [0.2, 0.25) is 0 Å². The van der Waals surface area contributed by atoms with Gasteiger partial charge in [0.2, 0.25) is 65.0 Å². The van der Waals surface area contributed by atoms with Gasteiger partial charge in [0.25, 0.3) is 0 Å². The molecule has 0 radical (unpaired) electrons.